The highest BCUT2D eigenvalue weighted by atomic mass is 16.2. The van der Waals surface area contributed by atoms with Crippen molar-refractivity contribution in [2.24, 2.45) is 11.8 Å². The Morgan fingerprint density at radius 1 is 1.55 bits per heavy atom. The van der Waals surface area contributed by atoms with E-state index >= 15 is 0 Å². The van der Waals surface area contributed by atoms with Crippen LogP contribution in [0.15, 0.2) is 0 Å². The Labute approximate surface area is 68.6 Å². The fraction of sp³-hybridized carbons (Fsp3) is 0.889. The van der Waals surface area contributed by atoms with E-state index < -0.39 is 0 Å². The van der Waals surface area contributed by atoms with Gasteiger partial charge in [0.05, 0.1) is 0 Å². The van der Waals surface area contributed by atoms with Crippen molar-refractivity contribution in [3.8, 4) is 0 Å². The molecule has 0 heterocycles. The zero-order chi connectivity index (χ0) is 8.43. The second-order valence-electron chi connectivity index (χ2n) is 3.89. The number of rotatable bonds is 3. The number of amides is 1. The van der Waals surface area contributed by atoms with E-state index in [0.717, 1.165) is 19.4 Å². The number of nitrogens with zero attached hydrogens (tertiary/aromatic N) is 1. The molecule has 1 aliphatic rings. The van der Waals surface area contributed by atoms with E-state index in [1.807, 2.05) is 11.9 Å². The molecule has 1 saturated carbocycles. The van der Waals surface area contributed by atoms with Gasteiger partial charge in [0.15, 0.2) is 0 Å². The van der Waals surface area contributed by atoms with Crippen molar-refractivity contribution in [2.75, 3.05) is 13.6 Å². The quantitative estimate of drug-likeness (QED) is 0.605. The van der Waals surface area contributed by atoms with E-state index in [1.54, 1.807) is 0 Å². The largest absolute Gasteiger partial charge is 0.345 e. The van der Waals surface area contributed by atoms with Crippen LogP contribution < -0.4 is 0 Å². The summed E-state index contributed by atoms with van der Waals surface area (Å²) in [6, 6.07) is 0. The fourth-order valence-corrected chi connectivity index (χ4v) is 1.28. The molecule has 1 aliphatic carbocycles. The lowest BCUT2D eigenvalue weighted by atomic mass is 10.2. The van der Waals surface area contributed by atoms with Gasteiger partial charge in [0.1, 0.15) is 0 Å². The van der Waals surface area contributed by atoms with Crippen LogP contribution in [0.3, 0.4) is 0 Å². The summed E-state index contributed by atoms with van der Waals surface area (Å²) in [6.45, 7) is 5.17. The SMILES string of the molecule is CC(C)CN(C)C(=O)C1CC1. The highest BCUT2D eigenvalue weighted by molar-refractivity contribution is 5.80. The summed E-state index contributed by atoms with van der Waals surface area (Å²) in [7, 11) is 1.90. The second-order valence-corrected chi connectivity index (χ2v) is 3.89. The monoisotopic (exact) mass is 155 g/mol. The van der Waals surface area contributed by atoms with Crippen LogP contribution >= 0.6 is 0 Å². The third-order valence-corrected chi connectivity index (χ3v) is 1.94. The number of carbonyl (C=O) groups is 1. The van der Waals surface area contributed by atoms with Crippen molar-refractivity contribution in [3.05, 3.63) is 0 Å². The first kappa shape index (κ1) is 8.57. The lowest BCUT2D eigenvalue weighted by Gasteiger charge is -2.18. The van der Waals surface area contributed by atoms with Crippen molar-refractivity contribution in [1.82, 2.24) is 4.90 Å². The molecular formula is C9H17NO. The molecule has 0 radical (unpaired) electrons. The minimum absolute atomic E-state index is 0.346. The maximum absolute atomic E-state index is 11.4. The molecule has 1 fully saturated rings. The average Bonchev–Trinajstić information content (AvgIpc) is 2.65. The maximum Gasteiger partial charge on any atom is 0.225 e. The van der Waals surface area contributed by atoms with Crippen molar-refractivity contribution in [1.29, 1.82) is 0 Å². The van der Waals surface area contributed by atoms with Crippen molar-refractivity contribution < 1.29 is 4.79 Å². The van der Waals surface area contributed by atoms with Gasteiger partial charge in [-0.3, -0.25) is 4.79 Å². The molecule has 0 N–H and O–H groups in total. The zero-order valence-electron chi connectivity index (χ0n) is 7.63. The molecule has 0 aromatic carbocycles. The molecule has 2 heteroatoms. The molecule has 11 heavy (non-hydrogen) atoms. The summed E-state index contributed by atoms with van der Waals surface area (Å²) in [5.41, 5.74) is 0. The van der Waals surface area contributed by atoms with Crippen LogP contribution in [-0.2, 0) is 4.79 Å². The van der Waals surface area contributed by atoms with Crippen LogP contribution in [0.25, 0.3) is 0 Å². The second kappa shape index (κ2) is 3.24. The Hall–Kier alpha value is -0.530. The highest BCUT2D eigenvalue weighted by Crippen LogP contribution is 2.30. The Morgan fingerprint density at radius 3 is 2.45 bits per heavy atom. The molecule has 0 aromatic rings. The maximum atomic E-state index is 11.4. The molecule has 0 spiro atoms. The van der Waals surface area contributed by atoms with Gasteiger partial charge in [-0.2, -0.15) is 0 Å². The van der Waals surface area contributed by atoms with Crippen LogP contribution in [0, 0.1) is 11.8 Å². The predicted molar refractivity (Wildman–Crippen MR) is 45.2 cm³/mol. The van der Waals surface area contributed by atoms with Gasteiger partial charge in [-0.05, 0) is 18.8 Å². The van der Waals surface area contributed by atoms with E-state index in [0.29, 0.717) is 17.7 Å². The molecule has 2 nitrogen and oxygen atoms in total. The predicted octanol–water partition coefficient (Wildman–Crippen LogP) is 1.51. The summed E-state index contributed by atoms with van der Waals surface area (Å²) in [5, 5.41) is 0. The van der Waals surface area contributed by atoms with Gasteiger partial charge >= 0.3 is 0 Å². The molecule has 1 rings (SSSR count). The summed E-state index contributed by atoms with van der Waals surface area (Å²) in [5.74, 6) is 1.31. The molecule has 0 atom stereocenters. The van der Waals surface area contributed by atoms with Crippen LogP contribution in [0.4, 0.5) is 0 Å². The zero-order valence-corrected chi connectivity index (χ0v) is 7.63. The molecule has 64 valence electrons. The van der Waals surface area contributed by atoms with E-state index in [4.69, 9.17) is 0 Å². The van der Waals surface area contributed by atoms with Gasteiger partial charge in [0, 0.05) is 19.5 Å². The lowest BCUT2D eigenvalue weighted by Crippen LogP contribution is -2.31. The Balaban J connectivity index is 2.27. The fourth-order valence-electron chi connectivity index (χ4n) is 1.28. The minimum Gasteiger partial charge on any atom is -0.345 e. The first-order chi connectivity index (χ1) is 5.11. The molecule has 0 bridgehead atoms. The number of hydrogen-bond donors (Lipinski definition) is 0. The summed E-state index contributed by atoms with van der Waals surface area (Å²) < 4.78 is 0. The molecular weight excluding hydrogens is 138 g/mol. The van der Waals surface area contributed by atoms with Crippen molar-refractivity contribution >= 4 is 5.91 Å². The van der Waals surface area contributed by atoms with Gasteiger partial charge in [0.25, 0.3) is 0 Å². The molecule has 0 unspecified atom stereocenters. The summed E-state index contributed by atoms with van der Waals surface area (Å²) in [4.78, 5) is 13.2. The first-order valence-corrected chi connectivity index (χ1v) is 4.36. The van der Waals surface area contributed by atoms with E-state index in [1.165, 1.54) is 0 Å². The summed E-state index contributed by atoms with van der Waals surface area (Å²) >= 11 is 0. The van der Waals surface area contributed by atoms with E-state index in [2.05, 4.69) is 13.8 Å². The normalized spacial score (nSPS) is 17.1. The van der Waals surface area contributed by atoms with E-state index in [-0.39, 0.29) is 0 Å². The van der Waals surface area contributed by atoms with Gasteiger partial charge in [-0.15, -0.1) is 0 Å². The van der Waals surface area contributed by atoms with Crippen molar-refractivity contribution in [3.63, 3.8) is 0 Å². The number of carbonyl (C=O) groups excluding carboxylic acids is 1. The third-order valence-electron chi connectivity index (χ3n) is 1.94. The topological polar surface area (TPSA) is 20.3 Å². The third kappa shape index (κ3) is 2.52. The minimum atomic E-state index is 0.346. The summed E-state index contributed by atoms with van der Waals surface area (Å²) in [6.07, 6.45) is 2.22. The molecule has 0 aromatic heterocycles. The van der Waals surface area contributed by atoms with Gasteiger partial charge < -0.3 is 4.90 Å². The van der Waals surface area contributed by atoms with Gasteiger partial charge in [0.2, 0.25) is 5.91 Å². The lowest BCUT2D eigenvalue weighted by molar-refractivity contribution is -0.131. The number of hydrogen-bond acceptors (Lipinski definition) is 1. The molecule has 0 saturated heterocycles. The van der Waals surface area contributed by atoms with Gasteiger partial charge in [-0.25, -0.2) is 0 Å². The van der Waals surface area contributed by atoms with Crippen LogP contribution in [0.5, 0.6) is 0 Å². The smallest absolute Gasteiger partial charge is 0.225 e. The highest BCUT2D eigenvalue weighted by Gasteiger charge is 2.31. The van der Waals surface area contributed by atoms with Crippen LogP contribution in [-0.4, -0.2) is 24.4 Å². The van der Waals surface area contributed by atoms with E-state index in [9.17, 15) is 4.79 Å². The van der Waals surface area contributed by atoms with Crippen LogP contribution in [0.1, 0.15) is 26.7 Å². The first-order valence-electron chi connectivity index (χ1n) is 4.36. The van der Waals surface area contributed by atoms with Crippen molar-refractivity contribution in [2.45, 2.75) is 26.7 Å². The van der Waals surface area contributed by atoms with Gasteiger partial charge in [-0.1, -0.05) is 13.8 Å². The Kier molecular flexibility index (Phi) is 2.53. The molecule has 1 amide bonds. The average molecular weight is 155 g/mol. The Morgan fingerprint density at radius 2 is 2.09 bits per heavy atom. The Bertz CT molecular complexity index is 150. The standard InChI is InChI=1S/C9H17NO/c1-7(2)6-10(3)9(11)8-4-5-8/h7-8H,4-6H2,1-3H3. The molecule has 0 aliphatic heterocycles. The van der Waals surface area contributed by atoms with Crippen LogP contribution in [0.2, 0.25) is 0 Å².